The highest BCUT2D eigenvalue weighted by atomic mass is 16.7. The van der Waals surface area contributed by atoms with Gasteiger partial charge in [-0.25, -0.2) is 4.74 Å². The molecule has 0 atom stereocenters. The summed E-state index contributed by atoms with van der Waals surface area (Å²) in [6, 6.07) is 0. The average molecular weight is 123 g/mol. The van der Waals surface area contributed by atoms with E-state index in [9.17, 15) is 5.21 Å². The van der Waals surface area contributed by atoms with Crippen molar-refractivity contribution in [3.63, 3.8) is 0 Å². The van der Waals surface area contributed by atoms with Crippen LogP contribution >= 0.6 is 0 Å². The number of hydrogen-bond donors (Lipinski definition) is 0. The summed E-state index contributed by atoms with van der Waals surface area (Å²) in [5.74, 6) is 0. The summed E-state index contributed by atoms with van der Waals surface area (Å²) in [5, 5.41) is 11.7. The van der Waals surface area contributed by atoms with Gasteiger partial charge in [-0.2, -0.15) is 0 Å². The van der Waals surface area contributed by atoms with Crippen LogP contribution in [0.4, 0.5) is 0 Å². The second-order valence-corrected chi connectivity index (χ2v) is 1.62. The van der Waals surface area contributed by atoms with Gasteiger partial charge in [0.1, 0.15) is 1.37 Å². The lowest BCUT2D eigenvalue weighted by atomic mass is 10.1. The van der Waals surface area contributed by atoms with Crippen molar-refractivity contribution in [2.75, 3.05) is 0 Å². The van der Waals surface area contributed by atoms with Gasteiger partial charge in [0.25, 0.3) is 0 Å². The molecule has 0 aromatic carbocycles. The van der Waals surface area contributed by atoms with Gasteiger partial charge in [0.15, 0.2) is 11.7 Å². The Morgan fingerprint density at radius 3 is 3.12 bits per heavy atom. The molecule has 0 aliphatic carbocycles. The molecule has 1 aliphatic heterocycles. The van der Waals surface area contributed by atoms with Crippen LogP contribution in [0.1, 0.15) is 38.8 Å². The molecule has 0 saturated heterocycles. The van der Waals surface area contributed by atoms with Crippen LogP contribution in [-0.4, -0.2) is 16.5 Å². The maximum Gasteiger partial charge on any atom is 0.167 e. The van der Waals surface area contributed by atoms with E-state index in [1.165, 1.54) is 0 Å². The Morgan fingerprint density at radius 1 is 2.12 bits per heavy atom. The van der Waals surface area contributed by atoms with Crippen LogP contribution in [0.15, 0.2) is 0 Å². The van der Waals surface area contributed by atoms with E-state index in [2.05, 4.69) is 0 Å². The van der Waals surface area contributed by atoms with Gasteiger partial charge in [0, 0.05) is 37.5 Å². The van der Waals surface area contributed by atoms with Crippen LogP contribution in [-0.2, 0) is 0 Å². The number of hydroxylamine groups is 1. The van der Waals surface area contributed by atoms with Crippen LogP contribution in [0.3, 0.4) is 0 Å². The molecule has 0 saturated carbocycles. The molecule has 0 amide bonds. The lowest BCUT2D eigenvalue weighted by Crippen LogP contribution is -2.27. The normalized spacial score (nSPS) is 52.8. The first kappa shape index (κ1) is 1.15. The van der Waals surface area contributed by atoms with E-state index in [1.807, 2.05) is 0 Å². The zero-order valence-electron chi connectivity index (χ0n) is 13.1. The van der Waals surface area contributed by atoms with Crippen LogP contribution in [0.2, 0.25) is 0 Å². The average Bonchev–Trinajstić information content (AvgIpc) is 2.24. The largest absolute Gasteiger partial charge is 0.624 e. The molecular formula is C6H11NO. The lowest BCUT2D eigenvalue weighted by Gasteiger charge is -2.16. The highest BCUT2D eigenvalue weighted by Crippen LogP contribution is 2.19. The van der Waals surface area contributed by atoms with Crippen LogP contribution < -0.4 is 0 Å². The van der Waals surface area contributed by atoms with E-state index in [4.69, 9.17) is 12.3 Å². The molecule has 0 aromatic rings. The maximum atomic E-state index is 11.7. The molecular weight excluding hydrogens is 103 g/mol. The molecule has 46 valence electrons. The molecule has 0 fully saturated rings. The zero-order chi connectivity index (χ0) is 13.9. The van der Waals surface area contributed by atoms with Gasteiger partial charge in [-0.3, -0.25) is 0 Å². The van der Waals surface area contributed by atoms with Crippen LogP contribution in [0, 0.1) is 5.21 Å². The number of nitrogens with zero attached hydrogens (tertiary/aromatic N) is 1. The Labute approximate surface area is 62.1 Å². The highest BCUT2D eigenvalue weighted by Gasteiger charge is 2.29. The van der Waals surface area contributed by atoms with Crippen molar-refractivity contribution in [3.05, 3.63) is 5.21 Å². The summed E-state index contributed by atoms with van der Waals surface area (Å²) in [6.07, 6.45) is -4.76. The van der Waals surface area contributed by atoms with Crippen molar-refractivity contribution < 1.29 is 17.1 Å². The van der Waals surface area contributed by atoms with Crippen LogP contribution in [0.25, 0.3) is 0 Å². The molecule has 1 rings (SSSR count). The minimum absolute atomic E-state index is 0.507. The monoisotopic (exact) mass is 123 g/mol. The molecule has 0 bridgehead atoms. The molecule has 2 heteroatoms. The Morgan fingerprint density at radius 2 is 2.88 bits per heavy atom. The van der Waals surface area contributed by atoms with Gasteiger partial charge < -0.3 is 5.21 Å². The van der Waals surface area contributed by atoms with Crippen molar-refractivity contribution in [1.82, 2.24) is 0 Å². The minimum atomic E-state index is -3.21. The van der Waals surface area contributed by atoms with Gasteiger partial charge in [-0.05, 0) is 0 Å². The Bertz CT molecular complexity index is 351. The molecule has 0 aromatic heterocycles. The van der Waals surface area contributed by atoms with Gasteiger partial charge in [0.2, 0.25) is 0 Å². The van der Waals surface area contributed by atoms with E-state index in [0.717, 1.165) is 0 Å². The molecule has 1 aliphatic rings. The molecule has 2 nitrogen and oxygen atoms in total. The SMILES string of the molecule is [2H]C1=[15N+]([O-])C(C([2H])([2H])[2H])(C([2H])([2H])[2H])CC1([2H])[2H]. The third-order valence-corrected chi connectivity index (χ3v) is 0.872. The third kappa shape index (κ3) is 0.703. The zero-order valence-corrected chi connectivity index (χ0v) is 4.06. The van der Waals surface area contributed by atoms with Crippen molar-refractivity contribution in [2.24, 2.45) is 0 Å². The van der Waals surface area contributed by atoms with Crippen molar-refractivity contribution in [2.45, 2.75) is 32.0 Å². The summed E-state index contributed by atoms with van der Waals surface area (Å²) in [5.41, 5.74) is -2.89. The standard InChI is InChI=1S/C6H11NO/c1-6(2)4-3-5-7(6)8/h5H,3-4H2,1-2H3/i1D3,2D3,3D2,5D,7+1. The molecule has 0 spiro atoms. The topological polar surface area (TPSA) is 26.1 Å². The minimum Gasteiger partial charge on any atom is -0.624 e. The van der Waals surface area contributed by atoms with Gasteiger partial charge >= 0.3 is 0 Å². The number of hydrogen-bond acceptors (Lipinski definition) is 1. The van der Waals surface area contributed by atoms with Gasteiger partial charge in [-0.1, -0.05) is 0 Å². The smallest absolute Gasteiger partial charge is 0.167 e. The fourth-order valence-electron chi connectivity index (χ4n) is 0.406. The predicted octanol–water partition coefficient (Wildman–Crippen LogP) is 1.14. The summed E-state index contributed by atoms with van der Waals surface area (Å²) in [6.45, 7) is -6.42. The quantitative estimate of drug-likeness (QED) is 0.269. The summed E-state index contributed by atoms with van der Waals surface area (Å²) in [7, 11) is 0. The molecule has 0 unspecified atom stereocenters. The summed E-state index contributed by atoms with van der Waals surface area (Å²) in [4.78, 5) is 0. The van der Waals surface area contributed by atoms with Crippen molar-refractivity contribution in [3.8, 4) is 0 Å². The Kier molecular flexibility index (Phi) is 0.212. The molecule has 0 N–H and O–H groups in total. The highest BCUT2D eigenvalue weighted by molar-refractivity contribution is 5.53. The molecule has 1 heterocycles. The maximum absolute atomic E-state index is 11.7. The van der Waals surface area contributed by atoms with Crippen molar-refractivity contribution in [1.29, 1.82) is 0 Å². The predicted molar refractivity (Wildman–Crippen MR) is 33.0 cm³/mol. The number of rotatable bonds is 0. The van der Waals surface area contributed by atoms with E-state index >= 15 is 0 Å². The Hall–Kier alpha value is -0.530. The second kappa shape index (κ2) is 1.47. The Balaban J connectivity index is 3.53. The van der Waals surface area contributed by atoms with Crippen molar-refractivity contribution >= 4 is 6.19 Å². The fourth-order valence-corrected chi connectivity index (χ4v) is 0.406. The second-order valence-electron chi connectivity index (χ2n) is 1.62. The van der Waals surface area contributed by atoms with E-state index in [-0.39, 0.29) is 0 Å². The lowest BCUT2D eigenvalue weighted by molar-refractivity contribution is -0.527. The third-order valence-electron chi connectivity index (χ3n) is 0.872. The van der Waals surface area contributed by atoms with E-state index in [1.54, 1.807) is 0 Å². The first-order chi connectivity index (χ1) is 7.27. The van der Waals surface area contributed by atoms with Gasteiger partial charge in [-0.15, -0.1) is 0 Å². The van der Waals surface area contributed by atoms with E-state index < -0.39 is 43.0 Å². The van der Waals surface area contributed by atoms with Crippen LogP contribution in [0.5, 0.6) is 0 Å². The first-order valence-corrected chi connectivity index (χ1v) is 2.09. The van der Waals surface area contributed by atoms with Gasteiger partial charge in [0.05, 0.1) is 0 Å². The summed E-state index contributed by atoms with van der Waals surface area (Å²) < 4.78 is 64.6. The fraction of sp³-hybridized carbons (Fsp3) is 0.833. The molecule has 8 heavy (non-hydrogen) atoms. The first-order valence-electron chi connectivity index (χ1n) is 6.59. The van der Waals surface area contributed by atoms with E-state index in [0.29, 0.717) is 0 Å². The summed E-state index contributed by atoms with van der Waals surface area (Å²) >= 11 is 0. The molecule has 0 radical (unpaired) electrons.